The van der Waals surface area contributed by atoms with Gasteiger partial charge in [0.1, 0.15) is 11.9 Å². The second-order valence-electron chi connectivity index (χ2n) is 7.95. The number of carboxylic acids is 1. The van der Waals surface area contributed by atoms with Crippen LogP contribution in [0.4, 0.5) is 4.39 Å². The van der Waals surface area contributed by atoms with E-state index in [1.165, 1.54) is 43.3 Å². The lowest BCUT2D eigenvalue weighted by atomic mass is 9.80. The number of rotatable bonds is 8. The Morgan fingerprint density at radius 1 is 1.16 bits per heavy atom. The molecule has 0 radical (unpaired) electrons. The van der Waals surface area contributed by atoms with E-state index in [1.807, 2.05) is 13.8 Å². The van der Waals surface area contributed by atoms with E-state index in [4.69, 9.17) is 4.74 Å². The number of pyridine rings is 1. The third kappa shape index (κ3) is 4.95. The minimum Gasteiger partial charge on any atom is -0.503 e. The molecule has 1 amide bonds. The van der Waals surface area contributed by atoms with Gasteiger partial charge in [-0.25, -0.2) is 14.2 Å². The van der Waals surface area contributed by atoms with Crippen LogP contribution in [-0.2, 0) is 4.79 Å². The summed E-state index contributed by atoms with van der Waals surface area (Å²) in [6, 6.07) is 4.04. The summed E-state index contributed by atoms with van der Waals surface area (Å²) in [4.78, 5) is 30.5. The number of aromatic nitrogens is 1. The molecule has 0 spiro atoms. The number of aryl methyl sites for hydroxylation is 1. The number of amides is 1. The normalized spacial score (nSPS) is 14.1. The molecule has 8 heteroatoms. The van der Waals surface area contributed by atoms with Crippen LogP contribution in [-0.4, -0.2) is 51.2 Å². The highest BCUT2D eigenvalue weighted by atomic mass is 19.1. The van der Waals surface area contributed by atoms with Crippen LogP contribution in [0.5, 0.6) is 11.5 Å². The number of aliphatic carboxylic acids is 1. The van der Waals surface area contributed by atoms with E-state index in [0.717, 1.165) is 5.56 Å². The zero-order chi connectivity index (χ0) is 23.5. The Labute approximate surface area is 181 Å². The molecule has 2 aromatic rings. The van der Waals surface area contributed by atoms with Gasteiger partial charge in [0.05, 0.1) is 7.11 Å². The number of carbonyl (C=O) groups is 2. The van der Waals surface area contributed by atoms with Crippen molar-refractivity contribution in [2.45, 2.75) is 52.6 Å². The summed E-state index contributed by atoms with van der Waals surface area (Å²) in [5, 5.41) is 20.1. The van der Waals surface area contributed by atoms with Crippen molar-refractivity contribution in [3.8, 4) is 11.5 Å². The number of hydrogen-bond acceptors (Lipinski definition) is 5. The second-order valence-corrected chi connectivity index (χ2v) is 7.95. The van der Waals surface area contributed by atoms with Crippen molar-refractivity contribution >= 4 is 11.9 Å². The maximum absolute atomic E-state index is 13.7. The predicted octanol–water partition coefficient (Wildman–Crippen LogP) is 3.99. The van der Waals surface area contributed by atoms with Crippen LogP contribution in [0.25, 0.3) is 0 Å². The molecule has 168 valence electrons. The first-order chi connectivity index (χ1) is 14.5. The summed E-state index contributed by atoms with van der Waals surface area (Å²) in [5.74, 6) is -2.98. The summed E-state index contributed by atoms with van der Waals surface area (Å²) < 4.78 is 18.7. The molecule has 0 fully saturated rings. The molecule has 1 aromatic heterocycles. The third-order valence-corrected chi connectivity index (χ3v) is 5.59. The van der Waals surface area contributed by atoms with E-state index in [1.54, 1.807) is 19.9 Å². The number of halogens is 1. The minimum absolute atomic E-state index is 0.00215. The number of aromatic hydroxyl groups is 1. The molecular formula is C23H29FN2O5. The number of nitrogens with zero attached hydrogens (tertiary/aromatic N) is 2. The maximum Gasteiger partial charge on any atom is 0.326 e. The highest BCUT2D eigenvalue weighted by Gasteiger charge is 2.38. The molecule has 0 aliphatic heterocycles. The number of benzene rings is 1. The number of carbonyl (C=O) groups excluding carboxylic acids is 1. The van der Waals surface area contributed by atoms with Crippen LogP contribution in [0.2, 0.25) is 0 Å². The lowest BCUT2D eigenvalue weighted by Crippen LogP contribution is -2.51. The van der Waals surface area contributed by atoms with Crippen LogP contribution in [0, 0.1) is 18.7 Å². The Hall–Kier alpha value is -3.16. The Kier molecular flexibility index (Phi) is 7.60. The van der Waals surface area contributed by atoms with Gasteiger partial charge in [-0.1, -0.05) is 19.9 Å². The highest BCUT2D eigenvalue weighted by Crippen LogP contribution is 2.36. The van der Waals surface area contributed by atoms with Gasteiger partial charge in [-0.2, -0.15) is 0 Å². The summed E-state index contributed by atoms with van der Waals surface area (Å²) in [6.45, 7) is 8.85. The Bertz CT molecular complexity index is 963. The fraction of sp³-hybridized carbons (Fsp3) is 0.435. The van der Waals surface area contributed by atoms with Crippen molar-refractivity contribution in [2.24, 2.45) is 5.92 Å². The van der Waals surface area contributed by atoms with Gasteiger partial charge in [-0.05, 0) is 49.9 Å². The predicted molar refractivity (Wildman–Crippen MR) is 114 cm³/mol. The van der Waals surface area contributed by atoms with Gasteiger partial charge < -0.3 is 19.8 Å². The van der Waals surface area contributed by atoms with Crippen molar-refractivity contribution in [1.29, 1.82) is 0 Å². The summed E-state index contributed by atoms with van der Waals surface area (Å²) in [7, 11) is 1.34. The average Bonchev–Trinajstić information content (AvgIpc) is 2.69. The SMILES string of the molecule is COc1ccnc(C(=O)N(C(C)C(c2ccc(F)cc2C)C(C)C)[C@@H](C)C(=O)O)c1O. The van der Waals surface area contributed by atoms with Gasteiger partial charge in [0.2, 0.25) is 0 Å². The molecule has 1 aromatic carbocycles. The Morgan fingerprint density at radius 3 is 2.32 bits per heavy atom. The topological polar surface area (TPSA) is 100.0 Å². The van der Waals surface area contributed by atoms with Gasteiger partial charge in [0.15, 0.2) is 17.2 Å². The number of methoxy groups -OCH3 is 1. The van der Waals surface area contributed by atoms with Crippen molar-refractivity contribution in [3.05, 3.63) is 53.1 Å². The van der Waals surface area contributed by atoms with E-state index in [-0.39, 0.29) is 29.1 Å². The molecule has 1 heterocycles. The zero-order valence-corrected chi connectivity index (χ0v) is 18.6. The fourth-order valence-electron chi connectivity index (χ4n) is 4.07. The van der Waals surface area contributed by atoms with Crippen LogP contribution in [0.1, 0.15) is 55.2 Å². The standard InChI is InChI=1S/C23H29FN2O5/c1-12(2)19(17-8-7-16(24)11-13(17)3)14(4)26(15(5)23(29)30)22(28)20-21(27)18(31-6)9-10-25-20/h7-12,14-15,19,27H,1-6H3,(H,29,30)/t14?,15-,19?/m0/s1. The first-order valence-corrected chi connectivity index (χ1v) is 10.0. The molecular weight excluding hydrogens is 403 g/mol. The highest BCUT2D eigenvalue weighted by molar-refractivity contribution is 5.98. The smallest absolute Gasteiger partial charge is 0.326 e. The van der Waals surface area contributed by atoms with Gasteiger partial charge >= 0.3 is 5.97 Å². The first-order valence-electron chi connectivity index (χ1n) is 10.0. The molecule has 0 aliphatic carbocycles. The monoisotopic (exact) mass is 432 g/mol. The lowest BCUT2D eigenvalue weighted by Gasteiger charge is -2.39. The van der Waals surface area contributed by atoms with E-state index in [2.05, 4.69) is 4.98 Å². The van der Waals surface area contributed by atoms with Crippen molar-refractivity contribution < 1.29 is 28.9 Å². The largest absolute Gasteiger partial charge is 0.503 e. The minimum atomic E-state index is -1.20. The molecule has 2 rings (SSSR count). The van der Waals surface area contributed by atoms with Crippen LogP contribution >= 0.6 is 0 Å². The van der Waals surface area contributed by atoms with Crippen molar-refractivity contribution in [1.82, 2.24) is 9.88 Å². The fourth-order valence-corrected chi connectivity index (χ4v) is 4.07. The van der Waals surface area contributed by atoms with Crippen LogP contribution in [0.15, 0.2) is 30.5 Å². The van der Waals surface area contributed by atoms with E-state index >= 15 is 0 Å². The van der Waals surface area contributed by atoms with Gasteiger partial charge in [-0.15, -0.1) is 0 Å². The molecule has 0 saturated carbocycles. The molecule has 7 nitrogen and oxygen atoms in total. The number of hydrogen-bond donors (Lipinski definition) is 2. The number of ether oxygens (including phenoxy) is 1. The van der Waals surface area contributed by atoms with Gasteiger partial charge in [0.25, 0.3) is 5.91 Å². The Balaban J connectivity index is 2.61. The second kappa shape index (κ2) is 9.76. The van der Waals surface area contributed by atoms with E-state index in [0.29, 0.717) is 5.56 Å². The maximum atomic E-state index is 13.7. The van der Waals surface area contributed by atoms with Gasteiger partial charge in [-0.3, -0.25) is 4.79 Å². The molecule has 0 saturated heterocycles. The molecule has 0 bridgehead atoms. The van der Waals surface area contributed by atoms with Gasteiger partial charge in [0, 0.05) is 24.2 Å². The zero-order valence-electron chi connectivity index (χ0n) is 18.6. The van der Waals surface area contributed by atoms with Crippen LogP contribution in [0.3, 0.4) is 0 Å². The van der Waals surface area contributed by atoms with E-state index < -0.39 is 29.7 Å². The van der Waals surface area contributed by atoms with Crippen molar-refractivity contribution in [2.75, 3.05) is 7.11 Å². The quantitative estimate of drug-likeness (QED) is 0.654. The Morgan fingerprint density at radius 2 is 1.81 bits per heavy atom. The number of carboxylic acid groups (broad SMARTS) is 1. The molecule has 3 atom stereocenters. The summed E-state index contributed by atoms with van der Waals surface area (Å²) in [5.41, 5.74) is 1.24. The molecule has 31 heavy (non-hydrogen) atoms. The average molecular weight is 432 g/mol. The summed E-state index contributed by atoms with van der Waals surface area (Å²) >= 11 is 0. The first kappa shape index (κ1) is 24.1. The molecule has 0 aliphatic rings. The molecule has 2 unspecified atom stereocenters. The lowest BCUT2D eigenvalue weighted by molar-refractivity contribution is -0.142. The van der Waals surface area contributed by atoms with Crippen LogP contribution < -0.4 is 4.74 Å². The third-order valence-electron chi connectivity index (χ3n) is 5.59. The van der Waals surface area contributed by atoms with Crippen molar-refractivity contribution in [3.63, 3.8) is 0 Å². The van der Waals surface area contributed by atoms with E-state index in [9.17, 15) is 24.2 Å². The molecule has 2 N–H and O–H groups in total. The summed E-state index contributed by atoms with van der Waals surface area (Å²) in [6.07, 6.45) is 1.31.